The van der Waals surface area contributed by atoms with Crippen molar-refractivity contribution in [2.75, 3.05) is 7.11 Å². The summed E-state index contributed by atoms with van der Waals surface area (Å²) in [5.74, 6) is 0.404. The normalized spacial score (nSPS) is 15.5. The highest BCUT2D eigenvalue weighted by molar-refractivity contribution is 6.24. The second-order valence-corrected chi connectivity index (χ2v) is 4.57. The maximum absolute atomic E-state index is 12.2. The molecule has 4 nitrogen and oxygen atoms in total. The smallest absolute Gasteiger partial charge is 0.260 e. The van der Waals surface area contributed by atoms with E-state index in [1.807, 2.05) is 48.5 Å². The van der Waals surface area contributed by atoms with Crippen LogP contribution < -0.4 is 5.32 Å². The Balaban J connectivity index is 0.00000176. The van der Waals surface area contributed by atoms with Crippen LogP contribution in [-0.2, 0) is 9.53 Å². The molecule has 5 heteroatoms. The third kappa shape index (κ3) is 3.02. The maximum Gasteiger partial charge on any atom is 0.260 e. The molecule has 22 heavy (non-hydrogen) atoms. The number of hydrogen-bond donors (Lipinski definition) is 1. The summed E-state index contributed by atoms with van der Waals surface area (Å²) in [4.78, 5) is 16.2. The van der Waals surface area contributed by atoms with E-state index in [-0.39, 0.29) is 18.3 Å². The number of nitrogens with zero attached hydrogens (tertiary/aromatic N) is 1. The molecule has 0 saturated heterocycles. The van der Waals surface area contributed by atoms with Gasteiger partial charge in [0.1, 0.15) is 0 Å². The Kier molecular flexibility index (Phi) is 4.96. The van der Waals surface area contributed by atoms with Crippen LogP contribution in [0.1, 0.15) is 11.1 Å². The Morgan fingerprint density at radius 2 is 1.77 bits per heavy atom. The minimum atomic E-state index is -0.154. The molecule has 112 valence electrons. The average molecular weight is 315 g/mol. The Labute approximate surface area is 134 Å². The number of benzene rings is 1. The zero-order chi connectivity index (χ0) is 14.7. The van der Waals surface area contributed by atoms with Gasteiger partial charge in [-0.15, -0.1) is 12.4 Å². The van der Waals surface area contributed by atoms with Crippen LogP contribution in [0.4, 0.5) is 0 Å². The fourth-order valence-corrected chi connectivity index (χ4v) is 2.29. The van der Waals surface area contributed by atoms with Crippen LogP contribution in [0.2, 0.25) is 0 Å². The van der Waals surface area contributed by atoms with Gasteiger partial charge in [0.15, 0.2) is 5.76 Å². The second kappa shape index (κ2) is 6.91. The van der Waals surface area contributed by atoms with Gasteiger partial charge in [-0.25, -0.2) is 0 Å². The van der Waals surface area contributed by atoms with E-state index in [1.165, 1.54) is 0 Å². The number of nitrogens with one attached hydrogen (secondary N) is 1. The summed E-state index contributed by atoms with van der Waals surface area (Å²) in [6.07, 6.45) is 5.28. The van der Waals surface area contributed by atoms with Crippen molar-refractivity contribution in [1.29, 1.82) is 0 Å². The molecule has 1 aromatic heterocycles. The summed E-state index contributed by atoms with van der Waals surface area (Å²) >= 11 is 0. The predicted octanol–water partition coefficient (Wildman–Crippen LogP) is 3.03. The minimum absolute atomic E-state index is 0. The zero-order valence-corrected chi connectivity index (χ0v) is 12.8. The van der Waals surface area contributed by atoms with E-state index < -0.39 is 0 Å². The molecule has 1 aliphatic heterocycles. The van der Waals surface area contributed by atoms with Crippen molar-refractivity contribution in [3.63, 3.8) is 0 Å². The van der Waals surface area contributed by atoms with Crippen molar-refractivity contribution in [3.8, 4) is 0 Å². The van der Waals surface area contributed by atoms with Crippen molar-refractivity contribution >= 4 is 30.0 Å². The first-order valence-corrected chi connectivity index (χ1v) is 6.56. The summed E-state index contributed by atoms with van der Waals surface area (Å²) < 4.78 is 5.45. The van der Waals surface area contributed by atoms with Crippen molar-refractivity contribution in [2.45, 2.75) is 0 Å². The van der Waals surface area contributed by atoms with Crippen molar-refractivity contribution in [2.24, 2.45) is 0 Å². The first kappa shape index (κ1) is 15.8. The Morgan fingerprint density at radius 3 is 2.41 bits per heavy atom. The SMILES string of the molecule is COC1=C(c2ccccc2)C(=O)N/C1=C\c1ccncc1.Cl. The highest BCUT2D eigenvalue weighted by Crippen LogP contribution is 2.30. The lowest BCUT2D eigenvalue weighted by Crippen LogP contribution is -2.15. The molecule has 0 spiro atoms. The van der Waals surface area contributed by atoms with Gasteiger partial charge < -0.3 is 10.1 Å². The fraction of sp³-hybridized carbons (Fsp3) is 0.0588. The molecule has 0 bridgehead atoms. The van der Waals surface area contributed by atoms with Crippen LogP contribution in [0, 0.1) is 0 Å². The van der Waals surface area contributed by atoms with Crippen LogP contribution in [0.25, 0.3) is 11.6 Å². The number of aromatic nitrogens is 1. The van der Waals surface area contributed by atoms with Gasteiger partial charge in [-0.2, -0.15) is 0 Å². The fourth-order valence-electron chi connectivity index (χ4n) is 2.29. The Bertz CT molecular complexity index is 725. The van der Waals surface area contributed by atoms with E-state index in [9.17, 15) is 4.79 Å². The number of amides is 1. The molecule has 0 saturated carbocycles. The van der Waals surface area contributed by atoms with Crippen molar-refractivity contribution in [1.82, 2.24) is 10.3 Å². The molecule has 3 rings (SSSR count). The summed E-state index contributed by atoms with van der Waals surface area (Å²) in [6, 6.07) is 13.2. The summed E-state index contributed by atoms with van der Waals surface area (Å²) in [5, 5.41) is 2.85. The molecule has 2 heterocycles. The highest BCUT2D eigenvalue weighted by atomic mass is 35.5. The van der Waals surface area contributed by atoms with E-state index in [0.717, 1.165) is 11.1 Å². The lowest BCUT2D eigenvalue weighted by molar-refractivity contribution is -0.114. The van der Waals surface area contributed by atoms with Crippen LogP contribution in [0.3, 0.4) is 0 Å². The third-order valence-corrected chi connectivity index (χ3v) is 3.23. The van der Waals surface area contributed by atoms with E-state index in [1.54, 1.807) is 19.5 Å². The number of methoxy groups -OCH3 is 1. The number of pyridine rings is 1. The molecule has 1 N–H and O–H groups in total. The molecule has 0 fully saturated rings. The zero-order valence-electron chi connectivity index (χ0n) is 11.9. The van der Waals surface area contributed by atoms with E-state index in [2.05, 4.69) is 10.3 Å². The quantitative estimate of drug-likeness (QED) is 0.947. The molecule has 0 aliphatic carbocycles. The number of halogens is 1. The van der Waals surface area contributed by atoms with Crippen LogP contribution >= 0.6 is 12.4 Å². The predicted molar refractivity (Wildman–Crippen MR) is 88.0 cm³/mol. The lowest BCUT2D eigenvalue weighted by Gasteiger charge is -2.05. The van der Waals surface area contributed by atoms with Gasteiger partial charge in [-0.3, -0.25) is 9.78 Å². The molecule has 0 unspecified atom stereocenters. The molecule has 0 radical (unpaired) electrons. The molecule has 2 aromatic rings. The first-order chi connectivity index (χ1) is 10.3. The number of ether oxygens (including phenoxy) is 1. The van der Waals surface area contributed by atoms with Crippen LogP contribution in [-0.4, -0.2) is 18.0 Å². The number of hydrogen-bond acceptors (Lipinski definition) is 3. The molecule has 1 aromatic carbocycles. The summed E-state index contributed by atoms with van der Waals surface area (Å²) in [7, 11) is 1.57. The van der Waals surface area contributed by atoms with E-state index in [4.69, 9.17) is 4.74 Å². The molecule has 0 atom stereocenters. The summed E-state index contributed by atoms with van der Waals surface area (Å²) in [6.45, 7) is 0. The average Bonchev–Trinajstić information content (AvgIpc) is 2.84. The maximum atomic E-state index is 12.2. The van der Waals surface area contributed by atoms with Gasteiger partial charge in [0.05, 0.1) is 18.4 Å². The van der Waals surface area contributed by atoms with Gasteiger partial charge in [0, 0.05) is 12.4 Å². The van der Waals surface area contributed by atoms with Gasteiger partial charge in [0.2, 0.25) is 0 Å². The standard InChI is InChI=1S/C17H14N2O2.ClH/c1-21-16-14(11-12-7-9-18-10-8-12)19-17(20)15(16)13-5-3-2-4-6-13;/h2-11H,1H3,(H,19,20);1H/b14-11-;. The Morgan fingerprint density at radius 1 is 1.09 bits per heavy atom. The highest BCUT2D eigenvalue weighted by Gasteiger charge is 2.29. The van der Waals surface area contributed by atoms with E-state index in [0.29, 0.717) is 17.0 Å². The van der Waals surface area contributed by atoms with Crippen molar-refractivity contribution < 1.29 is 9.53 Å². The van der Waals surface area contributed by atoms with Gasteiger partial charge in [-0.05, 0) is 29.3 Å². The molecule has 1 amide bonds. The molecular formula is C17H15ClN2O2. The van der Waals surface area contributed by atoms with Crippen molar-refractivity contribution in [3.05, 3.63) is 77.4 Å². The lowest BCUT2D eigenvalue weighted by atomic mass is 10.1. The largest absolute Gasteiger partial charge is 0.494 e. The number of rotatable bonds is 3. The van der Waals surface area contributed by atoms with Crippen LogP contribution in [0.15, 0.2) is 66.3 Å². The second-order valence-electron chi connectivity index (χ2n) is 4.57. The molecular weight excluding hydrogens is 300 g/mol. The number of carbonyl (C=O) groups is 1. The van der Waals surface area contributed by atoms with Gasteiger partial charge >= 0.3 is 0 Å². The van der Waals surface area contributed by atoms with Gasteiger partial charge in [-0.1, -0.05) is 30.3 Å². The topological polar surface area (TPSA) is 51.2 Å². The third-order valence-electron chi connectivity index (χ3n) is 3.23. The number of carbonyl (C=O) groups excluding carboxylic acids is 1. The molecule has 1 aliphatic rings. The first-order valence-electron chi connectivity index (χ1n) is 6.56. The monoisotopic (exact) mass is 314 g/mol. The van der Waals surface area contributed by atoms with Crippen LogP contribution in [0.5, 0.6) is 0 Å². The minimum Gasteiger partial charge on any atom is -0.494 e. The van der Waals surface area contributed by atoms with Gasteiger partial charge in [0.25, 0.3) is 5.91 Å². The summed E-state index contributed by atoms with van der Waals surface area (Å²) in [5.41, 5.74) is 3.00. The van der Waals surface area contributed by atoms with E-state index >= 15 is 0 Å². The Hall–Kier alpha value is -2.59.